The summed E-state index contributed by atoms with van der Waals surface area (Å²) in [6.45, 7) is 6.46. The van der Waals surface area contributed by atoms with Crippen molar-refractivity contribution >= 4 is 17.9 Å². The summed E-state index contributed by atoms with van der Waals surface area (Å²) in [6.07, 6.45) is 85.2. The molecule has 0 bridgehead atoms. The lowest BCUT2D eigenvalue weighted by molar-refractivity contribution is -0.167. The first kappa shape index (κ1) is 71.1. The summed E-state index contributed by atoms with van der Waals surface area (Å²) in [4.78, 5) is 38.3. The predicted molar refractivity (Wildman–Crippen MR) is 325 cm³/mol. The fraction of sp³-hybridized carbons (Fsp3) is 0.696. The summed E-state index contributed by atoms with van der Waals surface area (Å²) in [6, 6.07) is 0. The van der Waals surface area contributed by atoms with Crippen molar-refractivity contribution in [2.24, 2.45) is 0 Å². The third-order valence-electron chi connectivity index (χ3n) is 13.2. The normalized spacial score (nSPS) is 12.8. The molecule has 75 heavy (non-hydrogen) atoms. The molecule has 6 heteroatoms. The van der Waals surface area contributed by atoms with Gasteiger partial charge in [0.15, 0.2) is 6.10 Å². The summed E-state index contributed by atoms with van der Waals surface area (Å²) in [5.74, 6) is -0.947. The molecule has 0 aliphatic carbocycles. The molecule has 0 saturated carbocycles. The summed E-state index contributed by atoms with van der Waals surface area (Å²) < 4.78 is 16.9. The predicted octanol–water partition coefficient (Wildman–Crippen LogP) is 21.4. The van der Waals surface area contributed by atoms with Gasteiger partial charge in [0.2, 0.25) is 0 Å². The van der Waals surface area contributed by atoms with Crippen LogP contribution in [0.3, 0.4) is 0 Å². The van der Waals surface area contributed by atoms with Gasteiger partial charge in [-0.05, 0) is 128 Å². The summed E-state index contributed by atoms with van der Waals surface area (Å²) >= 11 is 0. The Kier molecular flexibility index (Phi) is 59.3. The molecule has 0 spiro atoms. The summed E-state index contributed by atoms with van der Waals surface area (Å²) in [7, 11) is 0. The zero-order chi connectivity index (χ0) is 54.3. The Balaban J connectivity index is 4.43. The molecule has 0 N–H and O–H groups in total. The van der Waals surface area contributed by atoms with Crippen molar-refractivity contribution in [2.75, 3.05) is 13.2 Å². The number of carbonyl (C=O) groups is 3. The zero-order valence-corrected chi connectivity index (χ0v) is 49.0. The Labute approximate surface area is 463 Å². The van der Waals surface area contributed by atoms with E-state index in [-0.39, 0.29) is 31.1 Å². The standard InChI is InChI=1S/C69H116O6/c1-4-7-10-13-16-19-22-25-28-30-32-33-34-35-37-38-41-44-47-50-53-56-59-62-68(71)74-65-66(64-73-67(70)61-58-55-52-49-46-43-40-27-24-21-18-15-12-9-6-3)75-69(72)63-60-57-54-51-48-45-42-39-36-31-29-26-23-20-17-14-11-8-5-2/h9,12,17-18,20-22,25-27,29-30,32,34-35,40,46,49,66H,4-8,10-11,13-16,19,23-24,28,31,33,36-39,41-45,47-48,50-65H2,1-3H3/b12-9-,20-17-,21-18-,25-22-,29-26-,32-30-,35-34-,40-27-,49-46-. The van der Waals surface area contributed by atoms with E-state index in [0.717, 1.165) is 109 Å². The van der Waals surface area contributed by atoms with Crippen LogP contribution in [0.15, 0.2) is 109 Å². The second-order valence-electron chi connectivity index (χ2n) is 20.6. The molecule has 0 aromatic carbocycles. The second-order valence-corrected chi connectivity index (χ2v) is 20.6. The van der Waals surface area contributed by atoms with Gasteiger partial charge in [-0.2, -0.15) is 0 Å². The lowest BCUT2D eigenvalue weighted by atomic mass is 10.1. The van der Waals surface area contributed by atoms with Crippen molar-refractivity contribution in [1.82, 2.24) is 0 Å². The van der Waals surface area contributed by atoms with Crippen LogP contribution in [0.2, 0.25) is 0 Å². The number of unbranched alkanes of at least 4 members (excludes halogenated alkanes) is 27. The van der Waals surface area contributed by atoms with Gasteiger partial charge in [0.1, 0.15) is 13.2 Å². The number of hydrogen-bond donors (Lipinski definition) is 0. The van der Waals surface area contributed by atoms with Crippen LogP contribution in [-0.4, -0.2) is 37.2 Å². The van der Waals surface area contributed by atoms with Crippen molar-refractivity contribution in [2.45, 2.75) is 297 Å². The molecule has 0 rings (SSSR count). The van der Waals surface area contributed by atoms with Crippen LogP contribution in [0.5, 0.6) is 0 Å². The van der Waals surface area contributed by atoms with E-state index in [4.69, 9.17) is 14.2 Å². The molecular weight excluding hydrogens is 925 g/mol. The molecule has 0 aromatic rings. The van der Waals surface area contributed by atoms with Crippen LogP contribution in [0, 0.1) is 0 Å². The number of ether oxygens (including phenoxy) is 3. The summed E-state index contributed by atoms with van der Waals surface area (Å²) in [5.41, 5.74) is 0. The molecule has 0 radical (unpaired) electrons. The van der Waals surface area contributed by atoms with E-state index >= 15 is 0 Å². The maximum atomic E-state index is 12.9. The molecule has 0 heterocycles. The number of carbonyl (C=O) groups excluding carboxylic acids is 3. The second kappa shape index (κ2) is 62.6. The van der Waals surface area contributed by atoms with Crippen LogP contribution in [-0.2, 0) is 28.6 Å². The molecule has 0 saturated heterocycles. The highest BCUT2D eigenvalue weighted by atomic mass is 16.6. The van der Waals surface area contributed by atoms with Gasteiger partial charge in [0.05, 0.1) is 0 Å². The van der Waals surface area contributed by atoms with Crippen LogP contribution >= 0.6 is 0 Å². The van der Waals surface area contributed by atoms with E-state index in [2.05, 4.69) is 130 Å². The van der Waals surface area contributed by atoms with Gasteiger partial charge in [-0.1, -0.05) is 252 Å². The van der Waals surface area contributed by atoms with Crippen molar-refractivity contribution in [3.05, 3.63) is 109 Å². The fourth-order valence-electron chi connectivity index (χ4n) is 8.53. The minimum atomic E-state index is -0.804. The minimum absolute atomic E-state index is 0.0979. The summed E-state index contributed by atoms with van der Waals surface area (Å²) in [5, 5.41) is 0. The Morgan fingerprint density at radius 3 is 0.867 bits per heavy atom. The van der Waals surface area contributed by atoms with Crippen molar-refractivity contribution in [3.8, 4) is 0 Å². The van der Waals surface area contributed by atoms with E-state index in [9.17, 15) is 14.4 Å². The minimum Gasteiger partial charge on any atom is -0.462 e. The van der Waals surface area contributed by atoms with Gasteiger partial charge in [0, 0.05) is 19.3 Å². The number of allylic oxidation sites excluding steroid dienone is 18. The molecule has 6 nitrogen and oxygen atoms in total. The third-order valence-corrected chi connectivity index (χ3v) is 13.2. The first-order valence-electron chi connectivity index (χ1n) is 31.4. The van der Waals surface area contributed by atoms with Crippen molar-refractivity contribution < 1.29 is 28.6 Å². The van der Waals surface area contributed by atoms with Crippen LogP contribution in [0.1, 0.15) is 290 Å². The van der Waals surface area contributed by atoms with Crippen LogP contribution < -0.4 is 0 Å². The first-order chi connectivity index (χ1) is 37.0. The number of esters is 3. The highest BCUT2D eigenvalue weighted by molar-refractivity contribution is 5.71. The fourth-order valence-corrected chi connectivity index (χ4v) is 8.53. The van der Waals surface area contributed by atoms with E-state index in [1.54, 1.807) is 0 Å². The monoisotopic (exact) mass is 1040 g/mol. The van der Waals surface area contributed by atoms with Crippen LogP contribution in [0.25, 0.3) is 0 Å². The lowest BCUT2D eigenvalue weighted by Gasteiger charge is -2.18. The SMILES string of the molecule is CC/C=C\C/C=C\C/C=C\C/C=C\CCCCC(=O)OCC(COC(=O)CCCCCCCCCC/C=C\C/C=C\C/C=C\CCCCCCC)OC(=O)CCCCCCCCCCC/C=C\C/C=C\CCCCC. The molecule has 1 atom stereocenters. The first-order valence-corrected chi connectivity index (χ1v) is 31.4. The maximum absolute atomic E-state index is 12.9. The average molecular weight is 1040 g/mol. The van der Waals surface area contributed by atoms with E-state index < -0.39 is 6.10 Å². The van der Waals surface area contributed by atoms with E-state index in [1.165, 1.54) is 141 Å². The Morgan fingerprint density at radius 1 is 0.280 bits per heavy atom. The molecule has 0 fully saturated rings. The van der Waals surface area contributed by atoms with Crippen molar-refractivity contribution in [3.63, 3.8) is 0 Å². The molecule has 1 unspecified atom stereocenters. The third kappa shape index (κ3) is 60.8. The molecular formula is C69H116O6. The maximum Gasteiger partial charge on any atom is 0.306 e. The largest absolute Gasteiger partial charge is 0.462 e. The average Bonchev–Trinajstić information content (AvgIpc) is 3.41. The van der Waals surface area contributed by atoms with Crippen LogP contribution in [0.4, 0.5) is 0 Å². The Bertz CT molecular complexity index is 1520. The van der Waals surface area contributed by atoms with Gasteiger partial charge in [-0.15, -0.1) is 0 Å². The number of rotatable bonds is 56. The zero-order valence-electron chi connectivity index (χ0n) is 49.0. The van der Waals surface area contributed by atoms with Gasteiger partial charge in [-0.3, -0.25) is 14.4 Å². The van der Waals surface area contributed by atoms with Crippen molar-refractivity contribution in [1.29, 1.82) is 0 Å². The molecule has 0 amide bonds. The van der Waals surface area contributed by atoms with Gasteiger partial charge >= 0.3 is 17.9 Å². The molecule has 0 aromatic heterocycles. The smallest absolute Gasteiger partial charge is 0.306 e. The van der Waals surface area contributed by atoms with Gasteiger partial charge in [0.25, 0.3) is 0 Å². The lowest BCUT2D eigenvalue weighted by Crippen LogP contribution is -2.30. The topological polar surface area (TPSA) is 78.9 Å². The van der Waals surface area contributed by atoms with Gasteiger partial charge in [-0.25, -0.2) is 0 Å². The molecule has 0 aliphatic rings. The van der Waals surface area contributed by atoms with E-state index in [0.29, 0.717) is 19.3 Å². The molecule has 428 valence electrons. The quantitative estimate of drug-likeness (QED) is 0.0261. The Morgan fingerprint density at radius 2 is 0.520 bits per heavy atom. The highest BCUT2D eigenvalue weighted by Gasteiger charge is 2.19. The van der Waals surface area contributed by atoms with Gasteiger partial charge < -0.3 is 14.2 Å². The molecule has 0 aliphatic heterocycles. The van der Waals surface area contributed by atoms with E-state index in [1.807, 2.05) is 0 Å². The highest BCUT2D eigenvalue weighted by Crippen LogP contribution is 2.15. The Hall–Kier alpha value is -3.93. The number of hydrogen-bond acceptors (Lipinski definition) is 6.